The second-order valence-electron chi connectivity index (χ2n) is 8.95. The second-order valence-corrected chi connectivity index (χ2v) is 9.36. The summed E-state index contributed by atoms with van der Waals surface area (Å²) in [6.45, 7) is 4.17. The molecule has 1 aliphatic heterocycles. The lowest BCUT2D eigenvalue weighted by Crippen LogP contribution is -2.49. The number of aliphatic carboxylic acids is 3. The fraction of sp³-hybridized carbons (Fsp3) is 0.583. The van der Waals surface area contributed by atoms with Gasteiger partial charge in [0.25, 0.3) is 0 Å². The summed E-state index contributed by atoms with van der Waals surface area (Å²) in [5.74, 6) is -2.95. The van der Waals surface area contributed by atoms with Crippen LogP contribution < -0.4 is 10.6 Å². The predicted molar refractivity (Wildman–Crippen MR) is 140 cm³/mol. The van der Waals surface area contributed by atoms with Crippen molar-refractivity contribution < 1.29 is 29.7 Å². The normalized spacial score (nSPS) is 18.0. The van der Waals surface area contributed by atoms with Gasteiger partial charge in [-0.05, 0) is 42.8 Å². The van der Waals surface area contributed by atoms with Crippen molar-refractivity contribution in [1.82, 2.24) is 20.0 Å². The zero-order valence-corrected chi connectivity index (χ0v) is 21.5. The van der Waals surface area contributed by atoms with Gasteiger partial charge in [0.15, 0.2) is 5.11 Å². The zero-order valence-electron chi connectivity index (χ0n) is 20.7. The summed E-state index contributed by atoms with van der Waals surface area (Å²) in [5, 5.41) is 35.0. The van der Waals surface area contributed by atoms with E-state index in [1.54, 1.807) is 14.7 Å². The lowest BCUT2D eigenvalue weighted by atomic mass is 10.0. The van der Waals surface area contributed by atoms with Crippen LogP contribution in [0.1, 0.15) is 25.3 Å². The van der Waals surface area contributed by atoms with E-state index in [0.29, 0.717) is 44.3 Å². The molecule has 12 heteroatoms. The average molecular weight is 524 g/mol. The third-order valence-electron chi connectivity index (χ3n) is 5.98. The molecule has 0 radical (unpaired) electrons. The third-order valence-corrected chi connectivity index (χ3v) is 6.22. The van der Waals surface area contributed by atoms with Gasteiger partial charge < -0.3 is 26.0 Å². The van der Waals surface area contributed by atoms with Crippen molar-refractivity contribution in [2.24, 2.45) is 0 Å². The summed E-state index contributed by atoms with van der Waals surface area (Å²) in [4.78, 5) is 39.6. The van der Waals surface area contributed by atoms with Crippen LogP contribution >= 0.6 is 12.2 Å². The zero-order chi connectivity index (χ0) is 26.5. The minimum atomic E-state index is -0.988. The molecule has 1 aromatic rings. The van der Waals surface area contributed by atoms with Crippen LogP contribution in [0.15, 0.2) is 24.3 Å². The Hall–Kier alpha value is -2.80. The summed E-state index contributed by atoms with van der Waals surface area (Å²) in [6, 6.07) is 7.44. The first kappa shape index (κ1) is 29.4. The first-order chi connectivity index (χ1) is 17.2. The molecule has 36 heavy (non-hydrogen) atoms. The molecule has 2 rings (SSSR count). The second kappa shape index (κ2) is 15.3. The highest BCUT2D eigenvalue weighted by molar-refractivity contribution is 7.80. The minimum Gasteiger partial charge on any atom is -0.480 e. The van der Waals surface area contributed by atoms with Gasteiger partial charge in [-0.15, -0.1) is 0 Å². The number of hydrogen-bond acceptors (Lipinski definition) is 7. The number of carbonyl (C=O) groups is 3. The molecule has 0 aliphatic carbocycles. The topological polar surface area (TPSA) is 146 Å². The molecule has 0 bridgehead atoms. The van der Waals surface area contributed by atoms with E-state index >= 15 is 0 Å². The summed E-state index contributed by atoms with van der Waals surface area (Å²) >= 11 is 5.31. The molecule has 11 nitrogen and oxygen atoms in total. The van der Waals surface area contributed by atoms with Gasteiger partial charge in [0.1, 0.15) is 0 Å². The maximum Gasteiger partial charge on any atom is 0.317 e. The summed E-state index contributed by atoms with van der Waals surface area (Å²) in [7, 11) is 0. The van der Waals surface area contributed by atoms with Gasteiger partial charge in [-0.25, -0.2) is 0 Å². The number of carboxylic acid groups (broad SMARTS) is 3. The Labute approximate surface area is 217 Å². The van der Waals surface area contributed by atoms with Crippen LogP contribution in [0.5, 0.6) is 0 Å². The van der Waals surface area contributed by atoms with E-state index in [0.717, 1.165) is 30.6 Å². The molecule has 1 fully saturated rings. The van der Waals surface area contributed by atoms with E-state index in [4.69, 9.17) is 12.2 Å². The smallest absolute Gasteiger partial charge is 0.317 e. The number of anilines is 1. The van der Waals surface area contributed by atoms with Gasteiger partial charge in [0.05, 0.1) is 19.6 Å². The Kier molecular flexibility index (Phi) is 12.5. The van der Waals surface area contributed by atoms with Gasteiger partial charge in [0.2, 0.25) is 0 Å². The Morgan fingerprint density at radius 2 is 1.50 bits per heavy atom. The molecule has 0 spiro atoms. The lowest BCUT2D eigenvalue weighted by molar-refractivity contribution is -0.140. The van der Waals surface area contributed by atoms with Crippen LogP contribution in [-0.2, 0) is 20.8 Å². The Morgan fingerprint density at radius 1 is 0.917 bits per heavy atom. The fourth-order valence-electron chi connectivity index (χ4n) is 4.16. The number of nitrogens with one attached hydrogen (secondary N) is 2. The SMILES string of the molecule is CCCCNC(=S)Nc1ccc(CC2CN(CC(=O)O)CCN(CC(=O)O)CCN2CC(=O)O)cc1. The van der Waals surface area contributed by atoms with Gasteiger partial charge in [-0.1, -0.05) is 25.5 Å². The highest BCUT2D eigenvalue weighted by Crippen LogP contribution is 2.16. The first-order valence-electron chi connectivity index (χ1n) is 12.1. The van der Waals surface area contributed by atoms with Crippen LogP contribution in [0.2, 0.25) is 0 Å². The maximum absolute atomic E-state index is 11.6. The molecule has 1 aliphatic rings. The highest BCUT2D eigenvalue weighted by Gasteiger charge is 2.27. The van der Waals surface area contributed by atoms with E-state index in [9.17, 15) is 29.7 Å². The van der Waals surface area contributed by atoms with Crippen molar-refractivity contribution in [2.75, 3.05) is 64.2 Å². The molecule has 1 aromatic carbocycles. The molecule has 0 saturated carbocycles. The Morgan fingerprint density at radius 3 is 2.11 bits per heavy atom. The van der Waals surface area contributed by atoms with Gasteiger partial charge >= 0.3 is 17.9 Å². The molecular weight excluding hydrogens is 486 g/mol. The van der Waals surface area contributed by atoms with Crippen LogP contribution in [-0.4, -0.2) is 118 Å². The van der Waals surface area contributed by atoms with Crippen LogP contribution in [0.3, 0.4) is 0 Å². The number of nitrogens with zero attached hydrogens (tertiary/aromatic N) is 3. The van der Waals surface area contributed by atoms with Crippen molar-refractivity contribution in [1.29, 1.82) is 0 Å². The molecule has 0 aromatic heterocycles. The largest absolute Gasteiger partial charge is 0.480 e. The fourth-order valence-corrected chi connectivity index (χ4v) is 4.38. The van der Waals surface area contributed by atoms with Crippen LogP contribution in [0.25, 0.3) is 0 Å². The lowest BCUT2D eigenvalue weighted by Gasteiger charge is -2.33. The molecule has 1 saturated heterocycles. The average Bonchev–Trinajstić information content (AvgIpc) is 2.85. The van der Waals surface area contributed by atoms with E-state index in [1.165, 1.54) is 0 Å². The summed E-state index contributed by atoms with van der Waals surface area (Å²) < 4.78 is 0. The van der Waals surface area contributed by atoms with Crippen molar-refractivity contribution in [2.45, 2.75) is 32.2 Å². The van der Waals surface area contributed by atoms with Crippen molar-refractivity contribution in [3.63, 3.8) is 0 Å². The standard InChI is InChI=1S/C24H37N5O6S/c1-2-3-8-25-24(36)26-19-6-4-18(5-7-19)13-20-14-28(16-22(32)33)10-9-27(15-21(30)31)11-12-29(20)17-23(34)35/h4-7,20H,2-3,8-17H2,1H3,(H,30,31)(H,32,33)(H,34,35)(H2,25,26,36). The molecule has 200 valence electrons. The third kappa shape index (κ3) is 11.3. The highest BCUT2D eigenvalue weighted by atomic mass is 32.1. The molecular formula is C24H37N5O6S. The van der Waals surface area contributed by atoms with Gasteiger partial charge in [-0.2, -0.15) is 0 Å². The van der Waals surface area contributed by atoms with Crippen molar-refractivity contribution >= 4 is 40.9 Å². The summed E-state index contributed by atoms with van der Waals surface area (Å²) in [6.07, 6.45) is 2.62. The number of rotatable bonds is 12. The molecule has 1 unspecified atom stereocenters. The minimum absolute atomic E-state index is 0.184. The Bertz CT molecular complexity index is 884. The van der Waals surface area contributed by atoms with E-state index in [1.807, 2.05) is 24.3 Å². The maximum atomic E-state index is 11.6. The number of hydrogen-bond donors (Lipinski definition) is 5. The van der Waals surface area contributed by atoms with E-state index in [2.05, 4.69) is 17.6 Å². The molecule has 1 heterocycles. The molecule has 5 N–H and O–H groups in total. The van der Waals surface area contributed by atoms with Crippen molar-refractivity contribution in [3.05, 3.63) is 29.8 Å². The van der Waals surface area contributed by atoms with E-state index < -0.39 is 17.9 Å². The molecule has 1 atom stereocenters. The summed E-state index contributed by atoms with van der Waals surface area (Å²) in [5.41, 5.74) is 1.81. The Balaban J connectivity index is 2.16. The van der Waals surface area contributed by atoms with Gasteiger partial charge in [-0.3, -0.25) is 29.1 Å². The van der Waals surface area contributed by atoms with Gasteiger partial charge in [0, 0.05) is 51.0 Å². The number of unbranched alkanes of at least 4 members (excludes halogenated alkanes) is 1. The predicted octanol–water partition coefficient (Wildman–Crippen LogP) is 0.858. The van der Waals surface area contributed by atoms with Crippen molar-refractivity contribution in [3.8, 4) is 0 Å². The van der Waals surface area contributed by atoms with Crippen LogP contribution in [0.4, 0.5) is 5.69 Å². The monoisotopic (exact) mass is 523 g/mol. The molecule has 0 amide bonds. The number of carboxylic acids is 3. The number of thiocarbonyl (C=S) groups is 1. The quantitative estimate of drug-likeness (QED) is 0.196. The number of benzene rings is 1. The first-order valence-corrected chi connectivity index (χ1v) is 12.5. The van der Waals surface area contributed by atoms with Crippen LogP contribution in [0, 0.1) is 0 Å². The van der Waals surface area contributed by atoms with E-state index in [-0.39, 0.29) is 25.7 Å².